The third-order valence-corrected chi connectivity index (χ3v) is 5.89. The van der Waals surface area contributed by atoms with Gasteiger partial charge >= 0.3 is 0 Å². The maximum Gasteiger partial charge on any atom is 0.270 e. The third kappa shape index (κ3) is 4.93. The zero-order valence-electron chi connectivity index (χ0n) is 17.2. The molecule has 3 N–H and O–H groups in total. The highest BCUT2D eigenvalue weighted by Gasteiger charge is 2.17. The summed E-state index contributed by atoms with van der Waals surface area (Å²) in [5, 5.41) is 12.7. The fourth-order valence-electron chi connectivity index (χ4n) is 3.32. The second kappa shape index (κ2) is 9.17. The van der Waals surface area contributed by atoms with Crippen LogP contribution in [-0.4, -0.2) is 30.7 Å². The molecule has 1 amide bonds. The van der Waals surface area contributed by atoms with Gasteiger partial charge in [0.1, 0.15) is 5.69 Å². The average molecular weight is 447 g/mol. The smallest absolute Gasteiger partial charge is 0.270 e. The van der Waals surface area contributed by atoms with Gasteiger partial charge in [0, 0.05) is 12.1 Å². The van der Waals surface area contributed by atoms with E-state index in [4.69, 9.17) is 5.14 Å². The highest BCUT2D eigenvalue weighted by Crippen LogP contribution is 2.21. The summed E-state index contributed by atoms with van der Waals surface area (Å²) in [4.78, 5) is 13.1. The molecule has 0 radical (unpaired) electrons. The standard InChI is InChI=1S/C24H22N4O3S/c25-32(30,31)21-13-11-18(12-14-21)15-16-26-24(29)23-17-22(19-7-3-1-4-8-19)27-28(23)20-9-5-2-6-10-20/h1-14,17H,15-16H2,(H,26,29)(H2,25,30,31). The van der Waals surface area contributed by atoms with E-state index in [2.05, 4.69) is 10.4 Å². The summed E-state index contributed by atoms with van der Waals surface area (Å²) < 4.78 is 24.4. The molecule has 0 bridgehead atoms. The Kier molecular flexibility index (Phi) is 6.16. The number of nitrogens with one attached hydrogen (secondary N) is 1. The van der Waals surface area contributed by atoms with Crippen molar-refractivity contribution in [3.8, 4) is 16.9 Å². The van der Waals surface area contributed by atoms with E-state index < -0.39 is 10.0 Å². The number of aromatic nitrogens is 2. The van der Waals surface area contributed by atoms with Gasteiger partial charge in [-0.2, -0.15) is 5.10 Å². The molecule has 8 heteroatoms. The summed E-state index contributed by atoms with van der Waals surface area (Å²) in [6.07, 6.45) is 0.543. The molecule has 0 atom stereocenters. The first-order valence-electron chi connectivity index (χ1n) is 10.0. The summed E-state index contributed by atoms with van der Waals surface area (Å²) in [5.41, 5.74) is 3.74. The first-order valence-corrected chi connectivity index (χ1v) is 11.6. The normalized spacial score (nSPS) is 11.3. The van der Waals surface area contributed by atoms with Gasteiger partial charge in [-0.15, -0.1) is 0 Å². The molecule has 0 spiro atoms. The van der Waals surface area contributed by atoms with E-state index in [1.54, 1.807) is 22.9 Å². The summed E-state index contributed by atoms with van der Waals surface area (Å²) in [6.45, 7) is 0.383. The van der Waals surface area contributed by atoms with Gasteiger partial charge in [0.2, 0.25) is 10.0 Å². The molecule has 0 unspecified atom stereocenters. The van der Waals surface area contributed by atoms with Crippen molar-refractivity contribution in [2.75, 3.05) is 6.54 Å². The van der Waals surface area contributed by atoms with Crippen LogP contribution in [0.1, 0.15) is 16.1 Å². The molecular formula is C24H22N4O3S. The Morgan fingerprint density at radius 2 is 1.53 bits per heavy atom. The van der Waals surface area contributed by atoms with Crippen LogP contribution in [0.5, 0.6) is 0 Å². The van der Waals surface area contributed by atoms with Crippen molar-refractivity contribution >= 4 is 15.9 Å². The van der Waals surface area contributed by atoms with Crippen molar-refractivity contribution in [3.63, 3.8) is 0 Å². The van der Waals surface area contributed by atoms with Crippen molar-refractivity contribution in [2.45, 2.75) is 11.3 Å². The molecule has 7 nitrogen and oxygen atoms in total. The SMILES string of the molecule is NS(=O)(=O)c1ccc(CCNC(=O)c2cc(-c3ccccc3)nn2-c2ccccc2)cc1. The highest BCUT2D eigenvalue weighted by molar-refractivity contribution is 7.89. The van der Waals surface area contributed by atoms with Gasteiger partial charge in [-0.3, -0.25) is 4.79 Å². The minimum Gasteiger partial charge on any atom is -0.350 e. The molecule has 32 heavy (non-hydrogen) atoms. The number of sulfonamides is 1. The van der Waals surface area contributed by atoms with Crippen LogP contribution in [-0.2, 0) is 16.4 Å². The largest absolute Gasteiger partial charge is 0.350 e. The Morgan fingerprint density at radius 3 is 2.16 bits per heavy atom. The number of benzene rings is 3. The molecule has 4 rings (SSSR count). The third-order valence-electron chi connectivity index (χ3n) is 4.96. The lowest BCUT2D eigenvalue weighted by molar-refractivity contribution is 0.0946. The fourth-order valence-corrected chi connectivity index (χ4v) is 3.83. The maximum absolute atomic E-state index is 13.0. The predicted molar refractivity (Wildman–Crippen MR) is 123 cm³/mol. The number of hydrogen-bond donors (Lipinski definition) is 2. The number of amides is 1. The Bertz CT molecular complexity index is 1320. The molecule has 4 aromatic rings. The first-order chi connectivity index (χ1) is 15.4. The van der Waals surface area contributed by atoms with Gasteiger partial charge in [-0.25, -0.2) is 18.2 Å². The van der Waals surface area contributed by atoms with Gasteiger partial charge in [0.05, 0.1) is 16.3 Å². The monoisotopic (exact) mass is 446 g/mol. The van der Waals surface area contributed by atoms with E-state index in [0.29, 0.717) is 24.4 Å². The second-order valence-electron chi connectivity index (χ2n) is 7.22. The number of carbonyl (C=O) groups excluding carboxylic acids is 1. The predicted octanol–water partition coefficient (Wildman–Crippen LogP) is 3.16. The van der Waals surface area contributed by atoms with Crippen LogP contribution in [0.15, 0.2) is 95.9 Å². The highest BCUT2D eigenvalue weighted by atomic mass is 32.2. The number of rotatable bonds is 7. The molecule has 1 heterocycles. The van der Waals surface area contributed by atoms with Gasteiger partial charge in [0.25, 0.3) is 5.91 Å². The Labute approximate surface area is 186 Å². The van der Waals surface area contributed by atoms with E-state index in [0.717, 1.165) is 16.8 Å². The van der Waals surface area contributed by atoms with Crippen molar-refractivity contribution in [1.29, 1.82) is 0 Å². The molecular weight excluding hydrogens is 424 g/mol. The Balaban J connectivity index is 1.52. The Hall–Kier alpha value is -3.75. The quantitative estimate of drug-likeness (QED) is 0.455. The lowest BCUT2D eigenvalue weighted by atomic mass is 10.1. The van der Waals surface area contributed by atoms with Crippen LogP contribution in [0.3, 0.4) is 0 Å². The summed E-state index contributed by atoms with van der Waals surface area (Å²) >= 11 is 0. The van der Waals surface area contributed by atoms with Gasteiger partial charge in [0.15, 0.2) is 0 Å². The van der Waals surface area contributed by atoms with Crippen LogP contribution in [0.25, 0.3) is 16.9 Å². The average Bonchev–Trinajstić information content (AvgIpc) is 3.26. The van der Waals surface area contributed by atoms with Crippen LogP contribution in [0.4, 0.5) is 0 Å². The summed E-state index contributed by atoms with van der Waals surface area (Å²) in [6, 6.07) is 27.2. The summed E-state index contributed by atoms with van der Waals surface area (Å²) in [7, 11) is -3.72. The summed E-state index contributed by atoms with van der Waals surface area (Å²) in [5.74, 6) is -0.246. The topological polar surface area (TPSA) is 107 Å². The molecule has 0 aliphatic carbocycles. The van der Waals surface area contributed by atoms with Crippen molar-refractivity contribution in [2.24, 2.45) is 5.14 Å². The fraction of sp³-hybridized carbons (Fsp3) is 0.0833. The van der Waals surface area contributed by atoms with Crippen molar-refractivity contribution in [3.05, 3.63) is 102 Å². The van der Waals surface area contributed by atoms with E-state index in [1.807, 2.05) is 60.7 Å². The van der Waals surface area contributed by atoms with E-state index in [1.165, 1.54) is 12.1 Å². The number of para-hydroxylation sites is 1. The van der Waals surface area contributed by atoms with Crippen molar-refractivity contribution in [1.82, 2.24) is 15.1 Å². The number of hydrogen-bond acceptors (Lipinski definition) is 4. The minimum absolute atomic E-state index is 0.0606. The van der Waals surface area contributed by atoms with Crippen LogP contribution >= 0.6 is 0 Å². The molecule has 0 aliphatic rings. The lowest BCUT2D eigenvalue weighted by Crippen LogP contribution is -2.27. The number of nitrogens with zero attached hydrogens (tertiary/aromatic N) is 2. The van der Waals surface area contributed by atoms with E-state index in [-0.39, 0.29) is 10.8 Å². The molecule has 1 aromatic heterocycles. The minimum atomic E-state index is -3.72. The lowest BCUT2D eigenvalue weighted by Gasteiger charge is -2.08. The molecule has 162 valence electrons. The van der Waals surface area contributed by atoms with E-state index in [9.17, 15) is 13.2 Å². The molecule has 0 saturated carbocycles. The van der Waals surface area contributed by atoms with Crippen LogP contribution < -0.4 is 10.5 Å². The van der Waals surface area contributed by atoms with Crippen LogP contribution in [0.2, 0.25) is 0 Å². The van der Waals surface area contributed by atoms with Gasteiger partial charge in [-0.05, 0) is 42.3 Å². The van der Waals surface area contributed by atoms with Gasteiger partial charge in [-0.1, -0.05) is 60.7 Å². The zero-order valence-corrected chi connectivity index (χ0v) is 18.0. The second-order valence-corrected chi connectivity index (χ2v) is 8.78. The van der Waals surface area contributed by atoms with Gasteiger partial charge < -0.3 is 5.32 Å². The zero-order chi connectivity index (χ0) is 22.6. The number of carbonyl (C=O) groups is 1. The molecule has 3 aromatic carbocycles. The van der Waals surface area contributed by atoms with E-state index >= 15 is 0 Å². The number of primary sulfonamides is 1. The maximum atomic E-state index is 13.0. The first kappa shape index (κ1) is 21.5. The number of nitrogens with two attached hydrogens (primary N) is 1. The Morgan fingerprint density at radius 1 is 0.906 bits per heavy atom. The molecule has 0 fully saturated rings. The van der Waals surface area contributed by atoms with Crippen LogP contribution in [0, 0.1) is 0 Å². The molecule has 0 aliphatic heterocycles. The van der Waals surface area contributed by atoms with Crippen molar-refractivity contribution < 1.29 is 13.2 Å². The molecule has 0 saturated heterocycles.